The number of amides is 1. The van der Waals surface area contributed by atoms with Crippen LogP contribution in [0.5, 0.6) is 0 Å². The lowest BCUT2D eigenvalue weighted by Crippen LogP contribution is -2.24. The van der Waals surface area contributed by atoms with E-state index in [4.69, 9.17) is 39.5 Å². The van der Waals surface area contributed by atoms with E-state index in [-0.39, 0.29) is 17.1 Å². The number of hydrogen-bond donors (Lipinski definition) is 0. The minimum atomic E-state index is -0.593. The van der Waals surface area contributed by atoms with Crippen molar-refractivity contribution in [3.05, 3.63) is 96.9 Å². The number of nitrogens with zero attached hydrogens (tertiary/aromatic N) is 2. The van der Waals surface area contributed by atoms with Gasteiger partial charge in [0.15, 0.2) is 0 Å². The minimum absolute atomic E-state index is 0.201. The third-order valence-electron chi connectivity index (χ3n) is 6.13. The van der Waals surface area contributed by atoms with Crippen molar-refractivity contribution in [3.8, 4) is 5.69 Å². The number of ether oxygens (including phenoxy) is 1. The minimum Gasteiger partial charge on any atom is -0.465 e. The van der Waals surface area contributed by atoms with Crippen LogP contribution in [0.1, 0.15) is 29.4 Å². The molecular formula is C27H23Cl3N2O3. The molecule has 0 aliphatic carbocycles. The van der Waals surface area contributed by atoms with Gasteiger partial charge in [-0.1, -0.05) is 40.9 Å². The predicted octanol–water partition coefficient (Wildman–Crippen LogP) is 7.24. The molecule has 0 radical (unpaired) electrons. The van der Waals surface area contributed by atoms with Crippen LogP contribution in [0, 0.1) is 20.8 Å². The summed E-state index contributed by atoms with van der Waals surface area (Å²) in [7, 11) is 1.29. The monoisotopic (exact) mass is 528 g/mol. The second kappa shape index (κ2) is 9.57. The van der Waals surface area contributed by atoms with Gasteiger partial charge in [-0.15, -0.1) is 0 Å². The largest absolute Gasteiger partial charge is 0.465 e. The van der Waals surface area contributed by atoms with E-state index in [0.29, 0.717) is 26.5 Å². The molecule has 2 aromatic carbocycles. The topological polar surface area (TPSA) is 51.5 Å². The van der Waals surface area contributed by atoms with Gasteiger partial charge in [-0.3, -0.25) is 9.69 Å². The Labute approximate surface area is 219 Å². The number of anilines is 1. The van der Waals surface area contributed by atoms with Gasteiger partial charge >= 0.3 is 5.97 Å². The molecule has 0 spiro atoms. The molecule has 0 N–H and O–H groups in total. The Bertz CT molecular complexity index is 1450. The van der Waals surface area contributed by atoms with E-state index < -0.39 is 5.97 Å². The second-order valence-corrected chi connectivity index (χ2v) is 9.59. The van der Waals surface area contributed by atoms with Crippen molar-refractivity contribution in [2.45, 2.75) is 27.7 Å². The van der Waals surface area contributed by atoms with Crippen LogP contribution < -0.4 is 4.90 Å². The van der Waals surface area contributed by atoms with Crippen molar-refractivity contribution < 1.29 is 14.3 Å². The van der Waals surface area contributed by atoms with E-state index in [1.165, 1.54) is 12.0 Å². The van der Waals surface area contributed by atoms with Crippen molar-refractivity contribution >= 4 is 58.4 Å². The first-order chi connectivity index (χ1) is 16.5. The molecule has 0 bridgehead atoms. The number of rotatable bonds is 4. The normalized spacial score (nSPS) is 14.9. The Morgan fingerprint density at radius 2 is 1.66 bits per heavy atom. The average Bonchev–Trinajstić information content (AvgIpc) is 3.23. The third-order valence-corrected chi connectivity index (χ3v) is 7.11. The summed E-state index contributed by atoms with van der Waals surface area (Å²) in [6.45, 7) is 7.66. The van der Waals surface area contributed by atoms with E-state index in [1.807, 2.05) is 45.0 Å². The number of hydrogen-bond acceptors (Lipinski definition) is 3. The van der Waals surface area contributed by atoms with Gasteiger partial charge in [-0.05, 0) is 81.3 Å². The molecule has 0 saturated heterocycles. The quantitative estimate of drug-likeness (QED) is 0.264. The smallest absolute Gasteiger partial charge is 0.340 e. The standard InChI is InChI=1S/C27H23Cl3N2O3/c1-14-6-7-19(28)12-24(14)31-15(2)10-18(16(31)3)11-21-25(27(34)35-5)17(4)32(26(21)33)20-8-9-22(29)23(30)13-20/h6-13H,1-5H3/b21-11-. The lowest BCUT2D eigenvalue weighted by Gasteiger charge is -2.18. The number of halogens is 3. The first-order valence-corrected chi connectivity index (χ1v) is 11.9. The number of aryl methyl sites for hydroxylation is 2. The summed E-state index contributed by atoms with van der Waals surface area (Å²) in [5.41, 5.74) is 6.08. The molecule has 1 aliphatic heterocycles. The van der Waals surface area contributed by atoms with Crippen molar-refractivity contribution in [2.75, 3.05) is 12.0 Å². The zero-order valence-corrected chi connectivity index (χ0v) is 22.1. The molecule has 4 rings (SSSR count). The average molecular weight is 530 g/mol. The predicted molar refractivity (Wildman–Crippen MR) is 142 cm³/mol. The number of esters is 1. The number of benzene rings is 2. The van der Waals surface area contributed by atoms with Crippen LogP contribution in [0.2, 0.25) is 15.1 Å². The molecule has 180 valence electrons. The number of carbonyl (C=O) groups is 2. The summed E-state index contributed by atoms with van der Waals surface area (Å²) in [6.07, 6.45) is 1.73. The van der Waals surface area contributed by atoms with E-state index in [0.717, 1.165) is 28.2 Å². The van der Waals surface area contributed by atoms with Crippen molar-refractivity contribution in [1.29, 1.82) is 0 Å². The summed E-state index contributed by atoms with van der Waals surface area (Å²) in [6, 6.07) is 12.6. The lowest BCUT2D eigenvalue weighted by atomic mass is 10.0. The zero-order valence-electron chi connectivity index (χ0n) is 19.9. The van der Waals surface area contributed by atoms with Crippen LogP contribution in [0.25, 0.3) is 11.8 Å². The van der Waals surface area contributed by atoms with Crippen molar-refractivity contribution in [2.24, 2.45) is 0 Å². The summed E-state index contributed by atoms with van der Waals surface area (Å²) in [4.78, 5) is 27.8. The highest BCUT2D eigenvalue weighted by molar-refractivity contribution is 6.42. The van der Waals surface area contributed by atoms with Crippen LogP contribution in [0.4, 0.5) is 5.69 Å². The molecular weight excluding hydrogens is 507 g/mol. The lowest BCUT2D eigenvalue weighted by molar-refractivity contribution is -0.136. The molecule has 5 nitrogen and oxygen atoms in total. The molecule has 0 fully saturated rings. The summed E-state index contributed by atoms with van der Waals surface area (Å²) in [5, 5.41) is 1.31. The molecule has 0 atom stereocenters. The fourth-order valence-corrected chi connectivity index (χ4v) is 4.86. The van der Waals surface area contributed by atoms with E-state index in [1.54, 1.807) is 31.2 Å². The molecule has 2 heterocycles. The van der Waals surface area contributed by atoms with Crippen LogP contribution in [0.15, 0.2) is 59.3 Å². The summed E-state index contributed by atoms with van der Waals surface area (Å²) >= 11 is 18.5. The van der Waals surface area contributed by atoms with Gasteiger partial charge in [0.05, 0.1) is 34.0 Å². The zero-order chi connectivity index (χ0) is 25.6. The van der Waals surface area contributed by atoms with Crippen LogP contribution in [0.3, 0.4) is 0 Å². The van der Waals surface area contributed by atoms with Crippen molar-refractivity contribution in [3.63, 3.8) is 0 Å². The Morgan fingerprint density at radius 1 is 0.943 bits per heavy atom. The Hall–Kier alpha value is -2.99. The molecule has 1 aliphatic rings. The highest BCUT2D eigenvalue weighted by Gasteiger charge is 2.38. The van der Waals surface area contributed by atoms with E-state index in [9.17, 15) is 9.59 Å². The number of allylic oxidation sites excluding steroid dienone is 1. The maximum atomic E-state index is 13.6. The first kappa shape index (κ1) is 25.1. The number of carbonyl (C=O) groups excluding carboxylic acids is 2. The third kappa shape index (κ3) is 4.40. The van der Waals surface area contributed by atoms with Crippen LogP contribution in [-0.4, -0.2) is 23.6 Å². The number of aromatic nitrogens is 1. The van der Waals surface area contributed by atoms with Crippen molar-refractivity contribution in [1.82, 2.24) is 4.57 Å². The highest BCUT2D eigenvalue weighted by Crippen LogP contribution is 2.38. The molecule has 3 aromatic rings. The molecule has 0 unspecified atom stereocenters. The first-order valence-electron chi connectivity index (χ1n) is 10.8. The molecule has 0 saturated carbocycles. The van der Waals surface area contributed by atoms with Gasteiger partial charge in [-0.2, -0.15) is 0 Å². The van der Waals surface area contributed by atoms with Crippen LogP contribution in [-0.2, 0) is 14.3 Å². The Balaban J connectivity index is 1.87. The Kier molecular flexibility index (Phi) is 6.87. The maximum Gasteiger partial charge on any atom is 0.340 e. The van der Waals surface area contributed by atoms with Gasteiger partial charge < -0.3 is 9.30 Å². The van der Waals surface area contributed by atoms with Gasteiger partial charge in [0.1, 0.15) is 0 Å². The molecule has 1 aromatic heterocycles. The molecule has 8 heteroatoms. The molecule has 1 amide bonds. The second-order valence-electron chi connectivity index (χ2n) is 8.34. The van der Waals surface area contributed by atoms with Gasteiger partial charge in [0.25, 0.3) is 5.91 Å². The Morgan fingerprint density at radius 3 is 2.31 bits per heavy atom. The maximum absolute atomic E-state index is 13.6. The fourth-order valence-electron chi connectivity index (χ4n) is 4.40. The SMILES string of the molecule is COC(=O)C1=C(C)N(c2ccc(Cl)c(Cl)c2)C(=O)/C1=C\c1cc(C)n(-c2cc(Cl)ccc2C)c1C. The summed E-state index contributed by atoms with van der Waals surface area (Å²) < 4.78 is 7.10. The van der Waals surface area contributed by atoms with E-state index >= 15 is 0 Å². The van der Waals surface area contributed by atoms with Crippen LogP contribution >= 0.6 is 34.8 Å². The summed E-state index contributed by atoms with van der Waals surface area (Å²) in [5.74, 6) is -0.950. The van der Waals surface area contributed by atoms with Gasteiger partial charge in [0.2, 0.25) is 0 Å². The highest BCUT2D eigenvalue weighted by atomic mass is 35.5. The van der Waals surface area contributed by atoms with E-state index in [2.05, 4.69) is 4.57 Å². The van der Waals surface area contributed by atoms with Gasteiger partial charge in [-0.25, -0.2) is 4.79 Å². The van der Waals surface area contributed by atoms with Gasteiger partial charge in [0, 0.05) is 27.8 Å². The molecule has 35 heavy (non-hydrogen) atoms. The number of methoxy groups -OCH3 is 1. The fraction of sp³-hybridized carbons (Fsp3) is 0.185.